The summed E-state index contributed by atoms with van der Waals surface area (Å²) in [6.45, 7) is 2.54. The van der Waals surface area contributed by atoms with Crippen LogP contribution in [0.5, 0.6) is 0 Å². The Balaban J connectivity index is 1.56. The first-order chi connectivity index (χ1) is 12.1. The fourth-order valence-corrected chi connectivity index (χ4v) is 2.91. The molecule has 1 saturated heterocycles. The van der Waals surface area contributed by atoms with Crippen molar-refractivity contribution in [3.8, 4) is 0 Å². The highest BCUT2D eigenvalue weighted by atomic mass is 16.6. The number of nitrogens with zero attached hydrogens (tertiary/aromatic N) is 5. The monoisotopic (exact) mass is 344 g/mol. The molecule has 0 unspecified atom stereocenters. The van der Waals surface area contributed by atoms with Gasteiger partial charge >= 0.3 is 11.8 Å². The Morgan fingerprint density at radius 2 is 1.92 bits per heavy atom. The van der Waals surface area contributed by atoms with Gasteiger partial charge < -0.3 is 25.2 Å². The van der Waals surface area contributed by atoms with Crippen LogP contribution in [0.2, 0.25) is 0 Å². The van der Waals surface area contributed by atoms with Gasteiger partial charge in [0.25, 0.3) is 0 Å². The molecule has 0 bridgehead atoms. The third-order valence-electron chi connectivity index (χ3n) is 4.21. The van der Waals surface area contributed by atoms with Crippen LogP contribution in [0.15, 0.2) is 36.7 Å². The number of urea groups is 1. The smallest absolute Gasteiger partial charge is 0.358 e. The van der Waals surface area contributed by atoms with Crippen molar-refractivity contribution in [2.24, 2.45) is 7.05 Å². The van der Waals surface area contributed by atoms with E-state index < -0.39 is 4.92 Å². The van der Waals surface area contributed by atoms with Crippen LogP contribution in [0.1, 0.15) is 5.56 Å². The Labute approximate surface area is 145 Å². The molecule has 2 amide bonds. The summed E-state index contributed by atoms with van der Waals surface area (Å²) in [6.07, 6.45) is 1.44. The molecule has 1 aliphatic rings. The number of rotatable bonds is 4. The number of aryl methyl sites for hydroxylation is 1. The Bertz CT molecular complexity index is 752. The lowest BCUT2D eigenvalue weighted by atomic mass is 10.2. The summed E-state index contributed by atoms with van der Waals surface area (Å²) in [5, 5.41) is 14.0. The Kier molecular flexibility index (Phi) is 4.82. The third-order valence-corrected chi connectivity index (χ3v) is 4.21. The Morgan fingerprint density at radius 3 is 2.56 bits per heavy atom. The van der Waals surface area contributed by atoms with Gasteiger partial charge in [-0.15, -0.1) is 0 Å². The number of amides is 2. The van der Waals surface area contributed by atoms with Crippen LogP contribution >= 0.6 is 0 Å². The number of imidazole rings is 1. The number of nitro groups is 1. The van der Waals surface area contributed by atoms with E-state index in [-0.39, 0.29) is 11.8 Å². The second-order valence-electron chi connectivity index (χ2n) is 5.88. The number of piperazine rings is 1. The number of aromatic nitrogens is 2. The largest absolute Gasteiger partial charge is 0.406 e. The van der Waals surface area contributed by atoms with Crippen molar-refractivity contribution in [3.05, 3.63) is 52.3 Å². The number of carbonyl (C=O) groups excluding carboxylic acids is 1. The van der Waals surface area contributed by atoms with Gasteiger partial charge in [0.05, 0.1) is 0 Å². The van der Waals surface area contributed by atoms with E-state index in [9.17, 15) is 14.9 Å². The van der Waals surface area contributed by atoms with Gasteiger partial charge in [0.15, 0.2) is 0 Å². The predicted octanol–water partition coefficient (Wildman–Crippen LogP) is 1.36. The zero-order valence-electron chi connectivity index (χ0n) is 14.0. The average Bonchev–Trinajstić information content (AvgIpc) is 3.02. The van der Waals surface area contributed by atoms with Gasteiger partial charge in [0.2, 0.25) is 12.1 Å². The van der Waals surface area contributed by atoms with E-state index in [1.165, 1.54) is 6.33 Å². The number of nitrogens with one attached hydrogen (secondary N) is 1. The van der Waals surface area contributed by atoms with E-state index in [1.54, 1.807) is 16.5 Å². The predicted molar refractivity (Wildman–Crippen MR) is 92.3 cm³/mol. The van der Waals surface area contributed by atoms with Gasteiger partial charge in [-0.25, -0.2) is 4.79 Å². The minimum absolute atomic E-state index is 0.122. The summed E-state index contributed by atoms with van der Waals surface area (Å²) in [7, 11) is 1.73. The van der Waals surface area contributed by atoms with E-state index >= 15 is 0 Å². The summed E-state index contributed by atoms with van der Waals surface area (Å²) in [5.41, 5.74) is 1.04. The van der Waals surface area contributed by atoms with Crippen molar-refractivity contribution >= 4 is 17.7 Å². The molecule has 0 radical (unpaired) electrons. The third kappa shape index (κ3) is 3.70. The Hall–Kier alpha value is -3.10. The maximum Gasteiger partial charge on any atom is 0.406 e. The molecule has 9 nitrogen and oxygen atoms in total. The first-order valence-corrected chi connectivity index (χ1v) is 8.03. The number of carbonyl (C=O) groups is 1. The molecule has 132 valence electrons. The quantitative estimate of drug-likeness (QED) is 0.667. The summed E-state index contributed by atoms with van der Waals surface area (Å²) in [5.74, 6) is 0.332. The van der Waals surface area contributed by atoms with Gasteiger partial charge in [0, 0.05) is 39.8 Å². The van der Waals surface area contributed by atoms with Crippen LogP contribution in [0.4, 0.5) is 16.4 Å². The lowest BCUT2D eigenvalue weighted by Crippen LogP contribution is -2.52. The van der Waals surface area contributed by atoms with Gasteiger partial charge in [-0.05, 0) is 15.5 Å². The molecule has 1 aliphatic heterocycles. The van der Waals surface area contributed by atoms with Gasteiger partial charge in [0.1, 0.15) is 0 Å². The molecule has 1 aromatic carbocycles. The molecular weight excluding hydrogens is 324 g/mol. The van der Waals surface area contributed by atoms with Crippen molar-refractivity contribution < 1.29 is 9.72 Å². The van der Waals surface area contributed by atoms with Crippen molar-refractivity contribution in [1.29, 1.82) is 0 Å². The number of hydrogen-bond donors (Lipinski definition) is 1. The van der Waals surface area contributed by atoms with Crippen LogP contribution in [-0.2, 0) is 13.6 Å². The second kappa shape index (κ2) is 7.20. The van der Waals surface area contributed by atoms with Crippen molar-refractivity contribution in [2.45, 2.75) is 6.54 Å². The molecule has 1 fully saturated rings. The van der Waals surface area contributed by atoms with E-state index in [0.29, 0.717) is 38.5 Å². The molecule has 25 heavy (non-hydrogen) atoms. The molecule has 9 heteroatoms. The van der Waals surface area contributed by atoms with Crippen molar-refractivity contribution in [2.75, 3.05) is 31.1 Å². The molecule has 2 aromatic rings. The SMILES string of the molecule is Cn1cnc([N+](=O)[O-])c1N1CCN(C(=O)NCc2ccccc2)CC1. The Morgan fingerprint density at radius 1 is 1.24 bits per heavy atom. The van der Waals surface area contributed by atoms with E-state index in [0.717, 1.165) is 5.56 Å². The zero-order chi connectivity index (χ0) is 17.8. The maximum absolute atomic E-state index is 12.3. The summed E-state index contributed by atoms with van der Waals surface area (Å²) in [6, 6.07) is 9.59. The van der Waals surface area contributed by atoms with Crippen molar-refractivity contribution in [1.82, 2.24) is 19.8 Å². The molecular formula is C16H20N6O3. The summed E-state index contributed by atoms with van der Waals surface area (Å²) < 4.78 is 1.64. The summed E-state index contributed by atoms with van der Waals surface area (Å²) >= 11 is 0. The molecule has 0 atom stereocenters. The highest BCUT2D eigenvalue weighted by molar-refractivity contribution is 5.74. The van der Waals surface area contributed by atoms with Crippen molar-refractivity contribution in [3.63, 3.8) is 0 Å². The second-order valence-corrected chi connectivity index (χ2v) is 5.88. The standard InChI is InChI=1S/C16H20N6O3/c1-19-12-18-14(22(24)25)15(19)20-7-9-21(10-8-20)16(23)17-11-13-5-3-2-4-6-13/h2-6,12H,7-11H2,1H3,(H,17,23). The lowest BCUT2D eigenvalue weighted by Gasteiger charge is -2.35. The van der Waals surface area contributed by atoms with Crippen LogP contribution < -0.4 is 10.2 Å². The summed E-state index contributed by atoms with van der Waals surface area (Å²) in [4.78, 5) is 30.4. The van der Waals surface area contributed by atoms with Crippen LogP contribution in [0.3, 0.4) is 0 Å². The number of hydrogen-bond acceptors (Lipinski definition) is 5. The van der Waals surface area contributed by atoms with Crippen LogP contribution in [-0.4, -0.2) is 51.6 Å². The molecule has 1 aromatic heterocycles. The van der Waals surface area contributed by atoms with Crippen LogP contribution in [0.25, 0.3) is 0 Å². The fraction of sp³-hybridized carbons (Fsp3) is 0.375. The molecule has 2 heterocycles. The van der Waals surface area contributed by atoms with Gasteiger partial charge in [-0.1, -0.05) is 30.3 Å². The molecule has 0 aliphatic carbocycles. The fourth-order valence-electron chi connectivity index (χ4n) is 2.91. The van der Waals surface area contributed by atoms with Crippen LogP contribution in [0, 0.1) is 10.1 Å². The highest BCUT2D eigenvalue weighted by Crippen LogP contribution is 2.26. The molecule has 0 spiro atoms. The average molecular weight is 344 g/mol. The highest BCUT2D eigenvalue weighted by Gasteiger charge is 2.29. The first kappa shape index (κ1) is 16.7. The lowest BCUT2D eigenvalue weighted by molar-refractivity contribution is -0.388. The minimum Gasteiger partial charge on any atom is -0.358 e. The number of anilines is 1. The van der Waals surface area contributed by atoms with E-state index in [1.807, 2.05) is 35.2 Å². The molecule has 0 saturated carbocycles. The van der Waals surface area contributed by atoms with Gasteiger partial charge in [-0.3, -0.25) is 4.57 Å². The molecule has 3 rings (SSSR count). The minimum atomic E-state index is -0.478. The van der Waals surface area contributed by atoms with Gasteiger partial charge in [-0.2, -0.15) is 0 Å². The first-order valence-electron chi connectivity index (χ1n) is 8.03. The number of benzene rings is 1. The van der Waals surface area contributed by atoms with E-state index in [4.69, 9.17) is 0 Å². The normalized spacial score (nSPS) is 14.4. The zero-order valence-corrected chi connectivity index (χ0v) is 14.0. The maximum atomic E-state index is 12.3. The topological polar surface area (TPSA) is 96.5 Å². The molecule has 1 N–H and O–H groups in total. The van der Waals surface area contributed by atoms with E-state index in [2.05, 4.69) is 10.3 Å².